The first-order valence-electron chi connectivity index (χ1n) is 5.08. The van der Waals surface area contributed by atoms with Gasteiger partial charge in [0.1, 0.15) is 0 Å². The van der Waals surface area contributed by atoms with Crippen LogP contribution < -0.4 is 11.1 Å². The molecule has 0 unspecified atom stereocenters. The maximum Gasteiger partial charge on any atom is 0.252 e. The van der Waals surface area contributed by atoms with Crippen molar-refractivity contribution >= 4 is 11.6 Å². The molecule has 1 saturated carbocycles. The quantitative estimate of drug-likeness (QED) is 0.599. The lowest BCUT2D eigenvalue weighted by Crippen LogP contribution is -2.40. The number of halogens is 2. The van der Waals surface area contributed by atoms with Crippen molar-refractivity contribution in [2.75, 3.05) is 5.32 Å². The molecule has 0 bridgehead atoms. The maximum absolute atomic E-state index is 12.5. The summed E-state index contributed by atoms with van der Waals surface area (Å²) in [7, 11) is 0. The summed E-state index contributed by atoms with van der Waals surface area (Å²) in [5.41, 5.74) is 6.40. The molecule has 1 aromatic carbocycles. The summed E-state index contributed by atoms with van der Waals surface area (Å²) in [6.45, 7) is 0. The molecule has 1 aromatic rings. The largest absolute Gasteiger partial charge is 0.370 e. The highest BCUT2D eigenvalue weighted by Crippen LogP contribution is 2.39. The molecule has 3 N–H and O–H groups in total. The van der Waals surface area contributed by atoms with Crippen LogP contribution in [0.4, 0.5) is 14.5 Å². The first kappa shape index (κ1) is 10.9. The van der Waals surface area contributed by atoms with Gasteiger partial charge in [-0.3, -0.25) is 0 Å². The zero-order chi connectivity index (χ0) is 11.6. The Labute approximate surface area is 92.4 Å². The second kappa shape index (κ2) is 4.08. The number of nitrogens with zero attached hydrogens (tertiary/aromatic N) is 1. The van der Waals surface area contributed by atoms with Gasteiger partial charge in [-0.15, -0.1) is 0 Å². The number of nitrogens with one attached hydrogen (secondary N) is 1. The minimum atomic E-state index is -2.55. The minimum Gasteiger partial charge on any atom is -0.370 e. The lowest BCUT2D eigenvalue weighted by molar-refractivity contribution is -0.0834. The van der Waals surface area contributed by atoms with Gasteiger partial charge in [0, 0.05) is 18.5 Å². The third-order valence-electron chi connectivity index (χ3n) is 2.44. The second-order valence-electron chi connectivity index (χ2n) is 3.92. The monoisotopic (exact) mass is 225 g/mol. The first-order chi connectivity index (χ1) is 7.55. The number of aliphatic imine (C=N–C) groups is 1. The van der Waals surface area contributed by atoms with Crippen molar-refractivity contribution in [3.8, 4) is 0 Å². The van der Waals surface area contributed by atoms with Crippen LogP contribution in [0.1, 0.15) is 12.8 Å². The van der Waals surface area contributed by atoms with Crippen molar-refractivity contribution in [3.05, 3.63) is 30.3 Å². The van der Waals surface area contributed by atoms with Gasteiger partial charge in [0.25, 0.3) is 5.92 Å². The number of hydrogen-bond donors (Lipinski definition) is 2. The van der Waals surface area contributed by atoms with Crippen molar-refractivity contribution in [1.82, 2.24) is 0 Å². The van der Waals surface area contributed by atoms with E-state index in [2.05, 4.69) is 10.3 Å². The van der Waals surface area contributed by atoms with Gasteiger partial charge in [0.05, 0.1) is 6.04 Å². The summed E-state index contributed by atoms with van der Waals surface area (Å²) in [6, 6.07) is 8.90. The van der Waals surface area contributed by atoms with Crippen LogP contribution in [0.3, 0.4) is 0 Å². The fourth-order valence-electron chi connectivity index (χ4n) is 1.62. The second-order valence-corrected chi connectivity index (χ2v) is 3.92. The van der Waals surface area contributed by atoms with Gasteiger partial charge in [-0.2, -0.15) is 0 Å². The highest BCUT2D eigenvalue weighted by molar-refractivity contribution is 5.92. The van der Waals surface area contributed by atoms with Crippen LogP contribution in [0.25, 0.3) is 0 Å². The molecule has 0 saturated heterocycles. The fourth-order valence-corrected chi connectivity index (χ4v) is 1.62. The zero-order valence-electron chi connectivity index (χ0n) is 8.66. The molecule has 16 heavy (non-hydrogen) atoms. The molecule has 1 aliphatic carbocycles. The average Bonchev–Trinajstić information content (AvgIpc) is 2.16. The van der Waals surface area contributed by atoms with Crippen molar-refractivity contribution in [2.45, 2.75) is 24.8 Å². The number of guanidine groups is 1. The Kier molecular flexibility index (Phi) is 2.77. The third kappa shape index (κ3) is 2.68. The molecule has 0 spiro atoms. The number of para-hydroxylation sites is 1. The van der Waals surface area contributed by atoms with E-state index < -0.39 is 5.92 Å². The van der Waals surface area contributed by atoms with Crippen molar-refractivity contribution in [2.24, 2.45) is 10.7 Å². The zero-order valence-corrected chi connectivity index (χ0v) is 8.66. The minimum absolute atomic E-state index is 0.187. The smallest absolute Gasteiger partial charge is 0.252 e. The van der Waals surface area contributed by atoms with E-state index in [1.165, 1.54) is 0 Å². The molecule has 0 heterocycles. The highest BCUT2D eigenvalue weighted by Gasteiger charge is 2.45. The molecular formula is C11H13F2N3. The molecular weight excluding hydrogens is 212 g/mol. The summed E-state index contributed by atoms with van der Waals surface area (Å²) in [5.74, 6) is -2.37. The molecule has 3 nitrogen and oxygen atoms in total. The first-order valence-corrected chi connectivity index (χ1v) is 5.08. The van der Waals surface area contributed by atoms with Gasteiger partial charge in [-0.25, -0.2) is 13.8 Å². The number of hydrogen-bond acceptors (Lipinski definition) is 1. The summed E-state index contributed by atoms with van der Waals surface area (Å²) in [6.07, 6.45) is -0.408. The van der Waals surface area contributed by atoms with E-state index in [1.54, 1.807) is 0 Å². The van der Waals surface area contributed by atoms with Crippen LogP contribution in [0.2, 0.25) is 0 Å². The Hall–Kier alpha value is -1.65. The Morgan fingerprint density at radius 3 is 2.50 bits per heavy atom. The molecule has 0 aliphatic heterocycles. The molecule has 0 aromatic heterocycles. The SMILES string of the molecule is NC(=NC1CC(F)(F)C1)Nc1ccccc1. The molecule has 5 heteroatoms. The van der Waals surface area contributed by atoms with E-state index >= 15 is 0 Å². The number of rotatable bonds is 2. The molecule has 86 valence electrons. The standard InChI is InChI=1S/C11H13F2N3/c12-11(13)6-9(7-11)16-10(14)15-8-4-2-1-3-5-8/h1-5,9H,6-7H2,(H3,14,15,16). The van der Waals surface area contributed by atoms with E-state index in [-0.39, 0.29) is 24.8 Å². The summed E-state index contributed by atoms with van der Waals surface area (Å²) >= 11 is 0. The van der Waals surface area contributed by atoms with E-state index in [1.807, 2.05) is 30.3 Å². The highest BCUT2D eigenvalue weighted by atomic mass is 19.3. The Balaban J connectivity index is 1.89. The lowest BCUT2D eigenvalue weighted by Gasteiger charge is -2.32. The lowest BCUT2D eigenvalue weighted by atomic mass is 9.89. The van der Waals surface area contributed by atoms with Gasteiger partial charge in [0.2, 0.25) is 0 Å². The van der Waals surface area contributed by atoms with Crippen LogP contribution >= 0.6 is 0 Å². The predicted octanol–water partition coefficient (Wildman–Crippen LogP) is 2.21. The van der Waals surface area contributed by atoms with Crippen LogP contribution in [0.15, 0.2) is 35.3 Å². The third-order valence-corrected chi connectivity index (χ3v) is 2.44. The van der Waals surface area contributed by atoms with Crippen molar-refractivity contribution < 1.29 is 8.78 Å². The van der Waals surface area contributed by atoms with Gasteiger partial charge in [-0.1, -0.05) is 18.2 Å². The van der Waals surface area contributed by atoms with E-state index in [9.17, 15) is 8.78 Å². The number of benzene rings is 1. The van der Waals surface area contributed by atoms with E-state index in [0.717, 1.165) is 5.69 Å². The molecule has 2 rings (SSSR count). The van der Waals surface area contributed by atoms with Gasteiger partial charge in [0.15, 0.2) is 5.96 Å². The van der Waals surface area contributed by atoms with Gasteiger partial charge < -0.3 is 11.1 Å². The molecule has 0 amide bonds. The normalized spacial score (nSPS) is 20.2. The van der Waals surface area contributed by atoms with Crippen molar-refractivity contribution in [1.29, 1.82) is 0 Å². The number of anilines is 1. The summed E-state index contributed by atoms with van der Waals surface area (Å²) < 4.78 is 25.1. The van der Waals surface area contributed by atoms with Crippen molar-refractivity contribution in [3.63, 3.8) is 0 Å². The molecule has 0 radical (unpaired) electrons. The van der Waals surface area contributed by atoms with Crippen LogP contribution in [0, 0.1) is 0 Å². The maximum atomic E-state index is 12.5. The van der Waals surface area contributed by atoms with E-state index in [0.29, 0.717) is 0 Å². The Morgan fingerprint density at radius 1 is 1.31 bits per heavy atom. The molecule has 1 aliphatic rings. The average molecular weight is 225 g/mol. The van der Waals surface area contributed by atoms with E-state index in [4.69, 9.17) is 5.73 Å². The van der Waals surface area contributed by atoms with Crippen LogP contribution in [-0.4, -0.2) is 17.9 Å². The van der Waals surface area contributed by atoms with Gasteiger partial charge >= 0.3 is 0 Å². The number of alkyl halides is 2. The van der Waals surface area contributed by atoms with Crippen LogP contribution in [-0.2, 0) is 0 Å². The summed E-state index contributed by atoms with van der Waals surface area (Å²) in [5, 5.41) is 2.85. The molecule has 1 fully saturated rings. The summed E-state index contributed by atoms with van der Waals surface area (Å²) in [4.78, 5) is 3.98. The Morgan fingerprint density at radius 2 is 1.94 bits per heavy atom. The topological polar surface area (TPSA) is 50.4 Å². The molecule has 0 atom stereocenters. The fraction of sp³-hybridized carbons (Fsp3) is 0.364. The predicted molar refractivity (Wildman–Crippen MR) is 59.7 cm³/mol. The Bertz CT molecular complexity index is 381. The number of nitrogens with two attached hydrogens (primary N) is 1. The van der Waals surface area contributed by atoms with Gasteiger partial charge in [-0.05, 0) is 12.1 Å². The van der Waals surface area contributed by atoms with Crippen LogP contribution in [0.5, 0.6) is 0 Å².